The Hall–Kier alpha value is -5.18. The molecule has 3 aromatic rings. The number of allylic oxidation sites excluding steroid dienone is 2. The van der Waals surface area contributed by atoms with Gasteiger partial charge in [0.05, 0.1) is 17.1 Å². The molecule has 0 bridgehead atoms. The van der Waals surface area contributed by atoms with Crippen LogP contribution in [-0.4, -0.2) is 70.7 Å². The van der Waals surface area contributed by atoms with Crippen molar-refractivity contribution in [1.29, 1.82) is 0 Å². The third-order valence-corrected chi connectivity index (χ3v) is 7.24. The van der Waals surface area contributed by atoms with Gasteiger partial charge in [0.15, 0.2) is 5.84 Å². The molecule has 41 heavy (non-hydrogen) atoms. The summed E-state index contributed by atoms with van der Waals surface area (Å²) in [5, 5.41) is 6.70. The fraction of sp³-hybridized carbons (Fsp3) is 0.188. The quantitative estimate of drug-likeness (QED) is 0.432. The molecule has 3 aliphatic rings. The lowest BCUT2D eigenvalue weighted by atomic mass is 10.0. The molecule has 9 nitrogen and oxygen atoms in total. The van der Waals surface area contributed by atoms with Crippen molar-refractivity contribution in [3.63, 3.8) is 0 Å². The average Bonchev–Trinajstić information content (AvgIpc) is 3.00. The highest BCUT2D eigenvalue weighted by molar-refractivity contribution is 6.27. The first-order chi connectivity index (χ1) is 19.9. The van der Waals surface area contributed by atoms with Crippen LogP contribution >= 0.6 is 0 Å². The van der Waals surface area contributed by atoms with Crippen molar-refractivity contribution in [3.05, 3.63) is 101 Å². The van der Waals surface area contributed by atoms with Crippen molar-refractivity contribution in [2.75, 3.05) is 62.7 Å². The van der Waals surface area contributed by atoms with Gasteiger partial charge in [-0.3, -0.25) is 0 Å². The van der Waals surface area contributed by atoms with Gasteiger partial charge in [-0.25, -0.2) is 14.9 Å². The van der Waals surface area contributed by atoms with Crippen molar-refractivity contribution in [3.8, 4) is 0 Å². The van der Waals surface area contributed by atoms with E-state index in [0.717, 1.165) is 56.5 Å². The van der Waals surface area contributed by atoms with Crippen LogP contribution in [0.1, 0.15) is 16.7 Å². The van der Waals surface area contributed by atoms with E-state index in [9.17, 15) is 0 Å². The Morgan fingerprint density at radius 3 is 1.88 bits per heavy atom. The molecular formula is C32H33N9. The summed E-state index contributed by atoms with van der Waals surface area (Å²) in [6.07, 6.45) is 4.16. The number of rotatable bonds is 7. The van der Waals surface area contributed by atoms with E-state index in [1.54, 1.807) is 0 Å². The van der Waals surface area contributed by atoms with Gasteiger partial charge in [-0.2, -0.15) is 9.98 Å². The SMILES string of the molecule is CNc1cc(N(C)C)ccc1C1=CC2=CC(c3ccc(N(C)C)cc3NC)=NC3=NC(c4ccccc4)=NC(=N1)N23. The van der Waals surface area contributed by atoms with Gasteiger partial charge >= 0.3 is 0 Å². The highest BCUT2D eigenvalue weighted by Crippen LogP contribution is 2.36. The predicted octanol–water partition coefficient (Wildman–Crippen LogP) is 5.12. The summed E-state index contributed by atoms with van der Waals surface area (Å²) >= 11 is 0. The first-order valence-electron chi connectivity index (χ1n) is 13.5. The summed E-state index contributed by atoms with van der Waals surface area (Å²) in [6.45, 7) is 0. The maximum Gasteiger partial charge on any atom is 0.239 e. The average molecular weight is 544 g/mol. The maximum absolute atomic E-state index is 5.03. The monoisotopic (exact) mass is 543 g/mol. The zero-order valence-corrected chi connectivity index (χ0v) is 24.1. The number of guanidine groups is 2. The molecule has 9 heteroatoms. The number of benzene rings is 3. The standard InChI is InChI=1S/C32H33N9/c1-33-26-16-21(39(3)4)12-14-24(26)28-18-23-19-29(25-15-13-22(40(5)6)17-27(25)34-2)36-32-38-30(20-10-8-7-9-11-20)37-31(35-28)41(23)32/h7-19,33-34H,1-6H3. The number of nitrogens with one attached hydrogen (secondary N) is 2. The molecule has 206 valence electrons. The molecule has 3 aliphatic heterocycles. The topological polar surface area (TPSA) is 83.2 Å². The number of anilines is 4. The van der Waals surface area contributed by atoms with Crippen molar-refractivity contribution in [1.82, 2.24) is 4.90 Å². The number of aliphatic imine (C=N–C) groups is 4. The largest absolute Gasteiger partial charge is 0.388 e. The van der Waals surface area contributed by atoms with E-state index in [-0.39, 0.29) is 0 Å². The Morgan fingerprint density at radius 2 is 1.24 bits per heavy atom. The highest BCUT2D eigenvalue weighted by atomic mass is 15.4. The van der Waals surface area contributed by atoms with Gasteiger partial charge in [0.1, 0.15) is 0 Å². The van der Waals surface area contributed by atoms with Crippen molar-refractivity contribution in [2.45, 2.75) is 0 Å². The summed E-state index contributed by atoms with van der Waals surface area (Å²) < 4.78 is 0. The molecule has 0 amide bonds. The maximum atomic E-state index is 5.03. The highest BCUT2D eigenvalue weighted by Gasteiger charge is 2.33. The lowest BCUT2D eigenvalue weighted by Crippen LogP contribution is -2.42. The van der Waals surface area contributed by atoms with Crippen LogP contribution in [0.5, 0.6) is 0 Å². The smallest absolute Gasteiger partial charge is 0.239 e. The molecule has 0 saturated heterocycles. The second kappa shape index (κ2) is 10.4. The van der Waals surface area contributed by atoms with Crippen LogP contribution in [0.3, 0.4) is 0 Å². The molecule has 0 radical (unpaired) electrons. The Morgan fingerprint density at radius 1 is 0.634 bits per heavy atom. The minimum absolute atomic E-state index is 0.538. The van der Waals surface area contributed by atoms with Crippen LogP contribution in [0, 0.1) is 0 Å². The van der Waals surface area contributed by atoms with E-state index in [1.165, 1.54) is 0 Å². The summed E-state index contributed by atoms with van der Waals surface area (Å²) in [7, 11) is 12.0. The van der Waals surface area contributed by atoms with Crippen LogP contribution in [0.2, 0.25) is 0 Å². The number of hydrogen-bond acceptors (Lipinski definition) is 9. The lowest BCUT2D eigenvalue weighted by molar-refractivity contribution is 0.736. The summed E-state index contributed by atoms with van der Waals surface area (Å²) in [4.78, 5) is 26.0. The lowest BCUT2D eigenvalue weighted by Gasteiger charge is -2.33. The fourth-order valence-electron chi connectivity index (χ4n) is 4.99. The molecule has 2 N–H and O–H groups in total. The van der Waals surface area contributed by atoms with Gasteiger partial charge in [0.2, 0.25) is 11.9 Å². The van der Waals surface area contributed by atoms with Gasteiger partial charge in [-0.15, -0.1) is 0 Å². The Bertz CT molecular complexity index is 1650. The Balaban J connectivity index is 1.54. The summed E-state index contributed by atoms with van der Waals surface area (Å²) in [5.74, 6) is 1.65. The third kappa shape index (κ3) is 4.75. The minimum atomic E-state index is 0.538. The second-order valence-electron chi connectivity index (χ2n) is 10.3. The van der Waals surface area contributed by atoms with E-state index in [1.807, 2.05) is 77.5 Å². The molecule has 0 unspecified atom stereocenters. The molecule has 0 spiro atoms. The van der Waals surface area contributed by atoms with Gasteiger partial charge < -0.3 is 20.4 Å². The summed E-state index contributed by atoms with van der Waals surface area (Å²) in [6, 6.07) is 22.6. The van der Waals surface area contributed by atoms with Gasteiger partial charge in [0.25, 0.3) is 0 Å². The van der Waals surface area contributed by atoms with Crippen LogP contribution in [0.25, 0.3) is 5.70 Å². The number of amidine groups is 1. The van der Waals surface area contributed by atoms with Gasteiger partial charge in [-0.05, 0) is 48.6 Å². The van der Waals surface area contributed by atoms with Crippen LogP contribution in [0.15, 0.2) is 105 Å². The first kappa shape index (κ1) is 26.1. The molecule has 0 aliphatic carbocycles. The molecule has 0 fully saturated rings. The van der Waals surface area contributed by atoms with Crippen LogP contribution < -0.4 is 20.4 Å². The molecule has 3 aromatic carbocycles. The van der Waals surface area contributed by atoms with Crippen LogP contribution in [0.4, 0.5) is 22.7 Å². The van der Waals surface area contributed by atoms with E-state index < -0.39 is 0 Å². The van der Waals surface area contributed by atoms with Crippen molar-refractivity contribution in [2.24, 2.45) is 20.0 Å². The molecule has 0 atom stereocenters. The normalized spacial score (nSPS) is 15.4. The molecule has 0 aromatic heterocycles. The molecule has 6 rings (SSSR count). The van der Waals surface area contributed by atoms with Crippen molar-refractivity contribution < 1.29 is 0 Å². The zero-order valence-electron chi connectivity index (χ0n) is 24.1. The Labute approximate surface area is 240 Å². The predicted molar refractivity (Wildman–Crippen MR) is 173 cm³/mol. The van der Waals surface area contributed by atoms with E-state index in [0.29, 0.717) is 17.8 Å². The minimum Gasteiger partial charge on any atom is -0.388 e. The van der Waals surface area contributed by atoms with Crippen LogP contribution in [-0.2, 0) is 0 Å². The first-order valence-corrected chi connectivity index (χ1v) is 13.5. The Kier molecular flexibility index (Phi) is 6.62. The third-order valence-electron chi connectivity index (χ3n) is 7.24. The molecular weight excluding hydrogens is 510 g/mol. The van der Waals surface area contributed by atoms with Gasteiger partial charge in [0, 0.05) is 81.7 Å². The van der Waals surface area contributed by atoms with E-state index in [4.69, 9.17) is 20.0 Å². The van der Waals surface area contributed by atoms with Crippen molar-refractivity contribution >= 4 is 51.9 Å². The molecule has 0 saturated carbocycles. The van der Waals surface area contributed by atoms with E-state index in [2.05, 4.69) is 69.0 Å². The van der Waals surface area contributed by atoms with E-state index >= 15 is 0 Å². The zero-order chi connectivity index (χ0) is 28.7. The molecule has 3 heterocycles. The number of hydrogen-bond donors (Lipinski definition) is 2. The van der Waals surface area contributed by atoms with Gasteiger partial charge in [-0.1, -0.05) is 30.3 Å². The fourth-order valence-corrected chi connectivity index (χ4v) is 4.99. The number of nitrogens with zero attached hydrogens (tertiary/aromatic N) is 7. The second-order valence-corrected chi connectivity index (χ2v) is 10.3. The summed E-state index contributed by atoms with van der Waals surface area (Å²) in [5.41, 5.74) is 9.59.